The summed E-state index contributed by atoms with van der Waals surface area (Å²) in [4.78, 5) is 6.68. The van der Waals surface area contributed by atoms with E-state index in [0.717, 1.165) is 18.8 Å². The van der Waals surface area contributed by atoms with Crippen molar-refractivity contribution in [1.82, 2.24) is 4.98 Å². The van der Waals surface area contributed by atoms with Gasteiger partial charge in [0.2, 0.25) is 0 Å². The maximum atomic E-state index is 4.34. The second-order valence-electron chi connectivity index (χ2n) is 3.90. The van der Waals surface area contributed by atoms with Gasteiger partial charge in [0.25, 0.3) is 0 Å². The molecule has 0 saturated heterocycles. The van der Waals surface area contributed by atoms with Crippen LogP contribution in [0.15, 0.2) is 24.4 Å². The average Bonchev–Trinajstić information content (AvgIpc) is 2.18. The third-order valence-corrected chi connectivity index (χ3v) is 2.27. The molecule has 0 spiro atoms. The van der Waals surface area contributed by atoms with Gasteiger partial charge < -0.3 is 4.90 Å². The Labute approximate surface area is 85.3 Å². The molecule has 0 amide bonds. The molecule has 1 aliphatic heterocycles. The van der Waals surface area contributed by atoms with Crippen molar-refractivity contribution in [3.63, 3.8) is 0 Å². The van der Waals surface area contributed by atoms with Crippen molar-refractivity contribution in [3.05, 3.63) is 36.0 Å². The van der Waals surface area contributed by atoms with Crippen LogP contribution in [0.2, 0.25) is 0 Å². The lowest BCUT2D eigenvalue weighted by Crippen LogP contribution is -2.29. The highest BCUT2D eigenvalue weighted by atomic mass is 15.1. The van der Waals surface area contributed by atoms with Gasteiger partial charge in [-0.05, 0) is 24.1 Å². The minimum Gasteiger partial charge on any atom is -0.365 e. The highest BCUT2D eigenvalue weighted by Crippen LogP contribution is 2.24. The van der Waals surface area contributed by atoms with Gasteiger partial charge in [-0.25, -0.2) is 0 Å². The van der Waals surface area contributed by atoms with Crippen molar-refractivity contribution in [3.8, 4) is 0 Å². The van der Waals surface area contributed by atoms with Crippen LogP contribution >= 0.6 is 0 Å². The quantitative estimate of drug-likeness (QED) is 0.707. The Bertz CT molecular complexity index is 342. The molecule has 1 radical (unpaired) electrons. The van der Waals surface area contributed by atoms with Gasteiger partial charge in [0.1, 0.15) is 0 Å². The summed E-state index contributed by atoms with van der Waals surface area (Å²) in [5, 5.41) is 0. The summed E-state index contributed by atoms with van der Waals surface area (Å²) >= 11 is 0. The van der Waals surface area contributed by atoms with E-state index in [4.69, 9.17) is 0 Å². The van der Waals surface area contributed by atoms with Gasteiger partial charge in [-0.2, -0.15) is 0 Å². The summed E-state index contributed by atoms with van der Waals surface area (Å²) < 4.78 is 0. The first kappa shape index (κ1) is 9.25. The van der Waals surface area contributed by atoms with Gasteiger partial charge in [-0.1, -0.05) is 19.9 Å². The van der Waals surface area contributed by atoms with Crippen LogP contribution in [0.5, 0.6) is 0 Å². The van der Waals surface area contributed by atoms with E-state index >= 15 is 0 Å². The topological polar surface area (TPSA) is 16.1 Å². The second-order valence-corrected chi connectivity index (χ2v) is 3.90. The Hall–Kier alpha value is -1.31. The molecule has 73 valence electrons. The zero-order valence-corrected chi connectivity index (χ0v) is 8.70. The molecule has 2 rings (SSSR count). The van der Waals surface area contributed by atoms with Crippen LogP contribution in [0.3, 0.4) is 0 Å². The second kappa shape index (κ2) is 3.82. The summed E-state index contributed by atoms with van der Waals surface area (Å²) in [7, 11) is 0. The molecular weight excluding hydrogens is 172 g/mol. The Morgan fingerprint density at radius 1 is 1.50 bits per heavy atom. The fourth-order valence-corrected chi connectivity index (χ4v) is 1.73. The van der Waals surface area contributed by atoms with Crippen LogP contribution in [0.25, 0.3) is 6.08 Å². The van der Waals surface area contributed by atoms with Gasteiger partial charge in [-0.3, -0.25) is 4.98 Å². The van der Waals surface area contributed by atoms with Gasteiger partial charge in [0, 0.05) is 19.3 Å². The number of hydrogen-bond acceptors (Lipinski definition) is 2. The lowest BCUT2D eigenvalue weighted by Gasteiger charge is -2.28. The van der Waals surface area contributed by atoms with E-state index in [-0.39, 0.29) is 0 Å². The van der Waals surface area contributed by atoms with Gasteiger partial charge in [0.15, 0.2) is 0 Å². The Morgan fingerprint density at radius 2 is 2.36 bits per heavy atom. The van der Waals surface area contributed by atoms with Crippen molar-refractivity contribution in [2.75, 3.05) is 18.0 Å². The minimum absolute atomic E-state index is 0.990. The Balaban J connectivity index is 2.27. The number of pyridine rings is 1. The lowest BCUT2D eigenvalue weighted by atomic mass is 10.1. The SMILES string of the molecule is C[C](C)CN1CC=Cc2ncccc21. The first-order valence-electron chi connectivity index (χ1n) is 4.93. The van der Waals surface area contributed by atoms with Gasteiger partial charge in [0.05, 0.1) is 11.4 Å². The van der Waals surface area contributed by atoms with Crippen LogP contribution in [0.1, 0.15) is 19.5 Å². The van der Waals surface area contributed by atoms with E-state index in [1.54, 1.807) is 0 Å². The van der Waals surface area contributed by atoms with Crippen molar-refractivity contribution in [2.24, 2.45) is 0 Å². The van der Waals surface area contributed by atoms with E-state index in [2.05, 4.69) is 41.9 Å². The van der Waals surface area contributed by atoms with Crippen LogP contribution < -0.4 is 4.90 Å². The summed E-state index contributed by atoms with van der Waals surface area (Å²) in [6, 6.07) is 4.13. The maximum absolute atomic E-state index is 4.34. The van der Waals surface area contributed by atoms with E-state index in [1.165, 1.54) is 11.6 Å². The van der Waals surface area contributed by atoms with Gasteiger partial charge >= 0.3 is 0 Å². The van der Waals surface area contributed by atoms with Crippen LogP contribution in [-0.4, -0.2) is 18.1 Å². The summed E-state index contributed by atoms with van der Waals surface area (Å²) in [5.74, 6) is 1.43. The van der Waals surface area contributed by atoms with Crippen molar-refractivity contribution < 1.29 is 0 Å². The molecule has 0 bridgehead atoms. The summed E-state index contributed by atoms with van der Waals surface area (Å²) in [6.45, 7) is 6.33. The van der Waals surface area contributed by atoms with E-state index in [9.17, 15) is 0 Å². The van der Waals surface area contributed by atoms with Crippen molar-refractivity contribution >= 4 is 11.8 Å². The molecule has 0 atom stereocenters. The number of anilines is 1. The predicted molar refractivity (Wildman–Crippen MR) is 60.1 cm³/mol. The lowest BCUT2D eigenvalue weighted by molar-refractivity contribution is 0.834. The molecule has 1 aliphatic rings. The molecule has 1 aromatic rings. The molecule has 0 aromatic carbocycles. The number of nitrogens with zero attached hydrogens (tertiary/aromatic N) is 2. The first-order valence-corrected chi connectivity index (χ1v) is 4.93. The van der Waals surface area contributed by atoms with Crippen LogP contribution in [-0.2, 0) is 0 Å². The fourth-order valence-electron chi connectivity index (χ4n) is 1.73. The van der Waals surface area contributed by atoms with E-state index in [0.29, 0.717) is 0 Å². The summed E-state index contributed by atoms with van der Waals surface area (Å²) in [5.41, 5.74) is 2.33. The maximum Gasteiger partial charge on any atom is 0.0860 e. The van der Waals surface area contributed by atoms with E-state index in [1.807, 2.05) is 12.3 Å². The number of rotatable bonds is 2. The smallest absolute Gasteiger partial charge is 0.0860 e. The molecule has 0 aliphatic carbocycles. The molecule has 2 heterocycles. The average molecular weight is 187 g/mol. The Kier molecular flexibility index (Phi) is 2.53. The van der Waals surface area contributed by atoms with Gasteiger partial charge in [-0.15, -0.1) is 0 Å². The third kappa shape index (κ3) is 1.79. The highest BCUT2D eigenvalue weighted by Gasteiger charge is 2.13. The largest absolute Gasteiger partial charge is 0.365 e. The normalized spacial score (nSPS) is 14.6. The standard InChI is InChI=1S/C12H15N2/c1-10(2)9-14-8-4-5-11-12(14)6-3-7-13-11/h3-7H,8-9H2,1-2H3. The zero-order valence-electron chi connectivity index (χ0n) is 8.70. The molecule has 0 unspecified atom stereocenters. The summed E-state index contributed by atoms with van der Waals surface area (Å²) in [6.07, 6.45) is 6.10. The molecule has 0 fully saturated rings. The van der Waals surface area contributed by atoms with E-state index < -0.39 is 0 Å². The molecule has 14 heavy (non-hydrogen) atoms. The fraction of sp³-hybridized carbons (Fsp3) is 0.333. The third-order valence-electron chi connectivity index (χ3n) is 2.27. The first-order chi connectivity index (χ1) is 6.77. The zero-order chi connectivity index (χ0) is 9.97. The molecule has 0 N–H and O–H groups in total. The minimum atomic E-state index is 0.990. The van der Waals surface area contributed by atoms with Crippen molar-refractivity contribution in [2.45, 2.75) is 13.8 Å². The molecule has 2 heteroatoms. The molecule has 0 saturated carbocycles. The molecule has 2 nitrogen and oxygen atoms in total. The number of hydrogen-bond donors (Lipinski definition) is 0. The van der Waals surface area contributed by atoms with Crippen molar-refractivity contribution in [1.29, 1.82) is 0 Å². The Morgan fingerprint density at radius 3 is 3.14 bits per heavy atom. The number of aromatic nitrogens is 1. The molecule has 1 aromatic heterocycles. The number of fused-ring (bicyclic) bond motifs is 1. The highest BCUT2D eigenvalue weighted by molar-refractivity contribution is 5.68. The van der Waals surface area contributed by atoms with Crippen LogP contribution in [0, 0.1) is 5.92 Å². The van der Waals surface area contributed by atoms with Crippen LogP contribution in [0.4, 0.5) is 5.69 Å². The molecular formula is C12H15N2. The monoisotopic (exact) mass is 187 g/mol. The predicted octanol–water partition coefficient (Wildman–Crippen LogP) is 2.53.